The number of benzene rings is 2. The highest BCUT2D eigenvalue weighted by Crippen LogP contribution is 2.34. The average Bonchev–Trinajstić information content (AvgIpc) is 2.91. The van der Waals surface area contributed by atoms with Gasteiger partial charge in [-0.3, -0.25) is 0 Å². The summed E-state index contributed by atoms with van der Waals surface area (Å²) >= 11 is 1.66. The van der Waals surface area contributed by atoms with E-state index in [9.17, 15) is 5.11 Å². The first kappa shape index (κ1) is 14.6. The van der Waals surface area contributed by atoms with Gasteiger partial charge >= 0.3 is 0 Å². The van der Waals surface area contributed by atoms with Crippen molar-refractivity contribution in [3.05, 3.63) is 53.4 Å². The van der Waals surface area contributed by atoms with Gasteiger partial charge in [-0.15, -0.1) is 11.3 Å². The Hall–Kier alpha value is -2.33. The van der Waals surface area contributed by atoms with Crippen LogP contribution in [-0.2, 0) is 0 Å². The topological polar surface area (TPSA) is 42.4 Å². The third-order valence-electron chi connectivity index (χ3n) is 3.35. The number of aromatic nitrogens is 1. The summed E-state index contributed by atoms with van der Waals surface area (Å²) in [5, 5.41) is 10.3. The number of hydrogen-bond acceptors (Lipinski definition) is 4. The molecule has 0 bridgehead atoms. The van der Waals surface area contributed by atoms with Crippen molar-refractivity contribution in [3.8, 4) is 33.3 Å². The molecule has 0 amide bonds. The molecule has 0 saturated carbocycles. The fourth-order valence-electron chi connectivity index (χ4n) is 2.27. The zero-order chi connectivity index (χ0) is 15.5. The van der Waals surface area contributed by atoms with Crippen LogP contribution in [0.25, 0.3) is 21.8 Å². The summed E-state index contributed by atoms with van der Waals surface area (Å²) in [4.78, 5) is 5.93. The molecule has 0 aliphatic carbocycles. The largest absolute Gasteiger partial charge is 0.508 e. The van der Waals surface area contributed by atoms with E-state index in [4.69, 9.17) is 9.72 Å². The van der Waals surface area contributed by atoms with Crippen LogP contribution >= 0.6 is 11.3 Å². The maximum atomic E-state index is 9.38. The lowest BCUT2D eigenvalue weighted by molar-refractivity contribution is 0.340. The van der Waals surface area contributed by atoms with Crippen LogP contribution in [0.3, 0.4) is 0 Å². The van der Waals surface area contributed by atoms with Crippen molar-refractivity contribution in [1.82, 2.24) is 4.98 Å². The number of aryl methyl sites for hydroxylation is 1. The molecule has 0 unspecified atom stereocenters. The highest BCUT2D eigenvalue weighted by Gasteiger charge is 2.11. The quantitative estimate of drug-likeness (QED) is 0.746. The van der Waals surface area contributed by atoms with Crippen molar-refractivity contribution in [3.63, 3.8) is 0 Å². The van der Waals surface area contributed by atoms with E-state index in [-0.39, 0.29) is 5.75 Å². The van der Waals surface area contributed by atoms with E-state index in [1.54, 1.807) is 23.5 Å². The Balaban J connectivity index is 1.93. The van der Waals surface area contributed by atoms with Gasteiger partial charge in [0, 0.05) is 16.0 Å². The number of phenolic OH excluding ortho intramolecular Hbond substituents is 1. The fraction of sp³-hybridized carbons (Fsp3) is 0.167. The minimum Gasteiger partial charge on any atom is -0.508 e. The molecule has 1 heterocycles. The van der Waals surface area contributed by atoms with Gasteiger partial charge in [0.2, 0.25) is 0 Å². The summed E-state index contributed by atoms with van der Waals surface area (Å²) in [6, 6.07) is 15.1. The molecule has 3 aromatic rings. The highest BCUT2D eigenvalue weighted by atomic mass is 32.1. The molecule has 0 spiro atoms. The molecule has 0 fully saturated rings. The van der Waals surface area contributed by atoms with E-state index in [1.807, 2.05) is 43.3 Å². The Morgan fingerprint density at radius 1 is 1.00 bits per heavy atom. The second-order valence-electron chi connectivity index (χ2n) is 4.93. The minimum atomic E-state index is 0.267. The van der Waals surface area contributed by atoms with Crippen LogP contribution < -0.4 is 4.74 Å². The van der Waals surface area contributed by atoms with E-state index in [1.165, 1.54) is 4.88 Å². The van der Waals surface area contributed by atoms with Gasteiger partial charge in [0.25, 0.3) is 0 Å². The van der Waals surface area contributed by atoms with Crippen molar-refractivity contribution in [2.24, 2.45) is 0 Å². The Morgan fingerprint density at radius 2 is 1.64 bits per heavy atom. The third-order valence-corrected chi connectivity index (χ3v) is 4.37. The fourth-order valence-corrected chi connectivity index (χ4v) is 3.21. The molecule has 0 saturated heterocycles. The number of phenols is 1. The predicted octanol–water partition coefficient (Wildman–Crippen LogP) is 4.89. The van der Waals surface area contributed by atoms with Crippen molar-refractivity contribution >= 4 is 11.3 Å². The van der Waals surface area contributed by atoms with Crippen molar-refractivity contribution in [2.75, 3.05) is 6.61 Å². The second kappa shape index (κ2) is 6.20. The molecule has 4 heteroatoms. The van der Waals surface area contributed by atoms with Gasteiger partial charge in [-0.2, -0.15) is 0 Å². The number of ether oxygens (including phenoxy) is 1. The average molecular weight is 311 g/mol. The molecule has 3 nitrogen and oxygen atoms in total. The van der Waals surface area contributed by atoms with Crippen molar-refractivity contribution < 1.29 is 9.84 Å². The lowest BCUT2D eigenvalue weighted by Gasteiger charge is -2.04. The van der Waals surface area contributed by atoms with Gasteiger partial charge < -0.3 is 9.84 Å². The van der Waals surface area contributed by atoms with Gasteiger partial charge in [-0.25, -0.2) is 4.98 Å². The number of thiazole rings is 1. The maximum absolute atomic E-state index is 9.38. The van der Waals surface area contributed by atoms with Gasteiger partial charge in [0.1, 0.15) is 16.5 Å². The summed E-state index contributed by atoms with van der Waals surface area (Å²) in [5.41, 5.74) is 3.10. The second-order valence-corrected chi connectivity index (χ2v) is 6.13. The van der Waals surface area contributed by atoms with Crippen LogP contribution in [-0.4, -0.2) is 16.7 Å². The molecule has 0 aliphatic rings. The van der Waals surface area contributed by atoms with Gasteiger partial charge in [-0.1, -0.05) is 0 Å². The molecule has 1 N–H and O–H groups in total. The highest BCUT2D eigenvalue weighted by molar-refractivity contribution is 7.15. The number of aromatic hydroxyl groups is 1. The SMILES string of the molecule is CCOc1ccc(-c2nc(-c3ccc(O)cc3)sc2C)cc1. The first-order valence-corrected chi connectivity index (χ1v) is 7.99. The number of hydrogen-bond donors (Lipinski definition) is 1. The molecule has 0 aliphatic heterocycles. The molecule has 112 valence electrons. The van der Waals surface area contributed by atoms with Crippen LogP contribution in [0.2, 0.25) is 0 Å². The molecule has 22 heavy (non-hydrogen) atoms. The van der Waals surface area contributed by atoms with Crippen LogP contribution in [0.5, 0.6) is 11.5 Å². The Kier molecular flexibility index (Phi) is 4.11. The van der Waals surface area contributed by atoms with E-state index in [0.717, 1.165) is 27.6 Å². The van der Waals surface area contributed by atoms with E-state index in [0.29, 0.717) is 6.61 Å². The molecule has 2 aromatic carbocycles. The zero-order valence-electron chi connectivity index (χ0n) is 12.5. The molecular formula is C18H17NO2S. The Morgan fingerprint density at radius 3 is 2.27 bits per heavy atom. The number of rotatable bonds is 4. The first-order chi connectivity index (χ1) is 10.7. The zero-order valence-corrected chi connectivity index (χ0v) is 13.4. The monoisotopic (exact) mass is 311 g/mol. The molecule has 0 radical (unpaired) electrons. The number of nitrogens with zero attached hydrogens (tertiary/aromatic N) is 1. The first-order valence-electron chi connectivity index (χ1n) is 7.17. The summed E-state index contributed by atoms with van der Waals surface area (Å²) < 4.78 is 5.47. The maximum Gasteiger partial charge on any atom is 0.124 e. The molecule has 1 aromatic heterocycles. The van der Waals surface area contributed by atoms with Crippen LogP contribution in [0.15, 0.2) is 48.5 Å². The summed E-state index contributed by atoms with van der Waals surface area (Å²) in [5.74, 6) is 1.14. The van der Waals surface area contributed by atoms with Crippen molar-refractivity contribution in [1.29, 1.82) is 0 Å². The molecule has 0 atom stereocenters. The molecule has 3 rings (SSSR count). The Labute approximate surface area is 133 Å². The Bertz CT molecular complexity index is 761. The molecular weight excluding hydrogens is 294 g/mol. The van der Waals surface area contributed by atoms with Crippen molar-refractivity contribution in [2.45, 2.75) is 13.8 Å². The minimum absolute atomic E-state index is 0.267. The van der Waals surface area contributed by atoms with Crippen LogP contribution in [0, 0.1) is 6.92 Å². The van der Waals surface area contributed by atoms with Gasteiger partial charge in [-0.05, 0) is 62.4 Å². The van der Waals surface area contributed by atoms with E-state index < -0.39 is 0 Å². The van der Waals surface area contributed by atoms with E-state index >= 15 is 0 Å². The summed E-state index contributed by atoms with van der Waals surface area (Å²) in [6.07, 6.45) is 0. The van der Waals surface area contributed by atoms with Crippen LogP contribution in [0.4, 0.5) is 0 Å². The summed E-state index contributed by atoms with van der Waals surface area (Å²) in [7, 11) is 0. The lowest BCUT2D eigenvalue weighted by atomic mass is 10.1. The summed E-state index contributed by atoms with van der Waals surface area (Å²) in [6.45, 7) is 4.72. The standard InChI is InChI=1S/C18H17NO2S/c1-3-21-16-10-6-13(7-11-16)17-12(2)22-18(19-17)14-4-8-15(20)9-5-14/h4-11,20H,3H2,1-2H3. The van der Waals surface area contributed by atoms with Gasteiger partial charge in [0.15, 0.2) is 0 Å². The smallest absolute Gasteiger partial charge is 0.124 e. The third kappa shape index (κ3) is 2.97. The van der Waals surface area contributed by atoms with E-state index in [2.05, 4.69) is 6.92 Å². The predicted molar refractivity (Wildman–Crippen MR) is 90.6 cm³/mol. The normalized spacial score (nSPS) is 10.6. The van der Waals surface area contributed by atoms with Crippen LogP contribution in [0.1, 0.15) is 11.8 Å². The lowest BCUT2D eigenvalue weighted by Crippen LogP contribution is -1.90. The van der Waals surface area contributed by atoms with Gasteiger partial charge in [0.05, 0.1) is 12.3 Å².